The van der Waals surface area contributed by atoms with Crippen LogP contribution < -0.4 is 4.72 Å². The van der Waals surface area contributed by atoms with Crippen molar-refractivity contribution in [3.8, 4) is 0 Å². The average Bonchev–Trinajstić information content (AvgIpc) is 2.70. The Labute approximate surface area is 116 Å². The van der Waals surface area contributed by atoms with Crippen LogP contribution in [0.4, 0.5) is 0 Å². The largest absolute Gasteiger partial charge is 0.477 e. The number of nitrogens with one attached hydrogen (secondary N) is 1. The fourth-order valence-electron chi connectivity index (χ4n) is 1.58. The van der Waals surface area contributed by atoms with Crippen molar-refractivity contribution >= 4 is 27.3 Å². The molecular weight excluding hydrogens is 290 g/mol. The molecule has 8 heteroatoms. The van der Waals surface area contributed by atoms with Gasteiger partial charge in [-0.15, -0.1) is 11.3 Å². The van der Waals surface area contributed by atoms with Crippen LogP contribution >= 0.6 is 11.3 Å². The SMILES string of the molecule is COCC(C)CNS(=O)(=O)c1c(C)csc1C(=O)O. The van der Waals surface area contributed by atoms with E-state index in [1.165, 1.54) is 12.5 Å². The summed E-state index contributed by atoms with van der Waals surface area (Å²) in [5.41, 5.74) is 0.439. The van der Waals surface area contributed by atoms with Crippen molar-refractivity contribution in [2.75, 3.05) is 20.3 Å². The van der Waals surface area contributed by atoms with Gasteiger partial charge in [0.25, 0.3) is 0 Å². The molecule has 1 aromatic heterocycles. The lowest BCUT2D eigenvalue weighted by Crippen LogP contribution is -2.31. The normalized spacial score (nSPS) is 13.4. The summed E-state index contributed by atoms with van der Waals surface area (Å²) >= 11 is 0.912. The highest BCUT2D eigenvalue weighted by atomic mass is 32.2. The molecule has 1 rings (SSSR count). The third-order valence-corrected chi connectivity index (χ3v) is 5.28. The molecule has 0 aliphatic rings. The van der Waals surface area contributed by atoms with E-state index in [9.17, 15) is 13.2 Å². The maximum Gasteiger partial charge on any atom is 0.347 e. The molecule has 1 unspecified atom stereocenters. The third-order valence-electron chi connectivity index (χ3n) is 2.45. The van der Waals surface area contributed by atoms with Crippen LogP contribution in [0.1, 0.15) is 22.2 Å². The van der Waals surface area contributed by atoms with Gasteiger partial charge in [0.15, 0.2) is 0 Å². The molecule has 0 aromatic carbocycles. The second kappa shape index (κ2) is 6.47. The second-order valence-electron chi connectivity index (χ2n) is 4.29. The lowest BCUT2D eigenvalue weighted by molar-refractivity contribution is 0.0698. The summed E-state index contributed by atoms with van der Waals surface area (Å²) in [5, 5.41) is 10.5. The minimum Gasteiger partial charge on any atom is -0.477 e. The molecule has 0 radical (unpaired) electrons. The molecule has 0 bridgehead atoms. The quantitative estimate of drug-likeness (QED) is 0.792. The summed E-state index contributed by atoms with van der Waals surface area (Å²) in [7, 11) is -2.27. The van der Waals surface area contributed by atoms with Gasteiger partial charge in [0, 0.05) is 20.3 Å². The molecule has 0 saturated heterocycles. The summed E-state index contributed by atoms with van der Waals surface area (Å²) < 4.78 is 31.6. The average molecular weight is 307 g/mol. The van der Waals surface area contributed by atoms with E-state index in [1.807, 2.05) is 6.92 Å². The summed E-state index contributed by atoms with van der Waals surface area (Å²) in [6.45, 7) is 4.04. The number of aryl methyl sites for hydroxylation is 1. The predicted octanol–water partition coefficient (Wildman–Crippen LogP) is 1.32. The van der Waals surface area contributed by atoms with Gasteiger partial charge in [0.2, 0.25) is 10.0 Å². The highest BCUT2D eigenvalue weighted by Gasteiger charge is 2.26. The lowest BCUT2D eigenvalue weighted by Gasteiger charge is -2.12. The van der Waals surface area contributed by atoms with Crippen molar-refractivity contribution in [3.63, 3.8) is 0 Å². The van der Waals surface area contributed by atoms with E-state index < -0.39 is 16.0 Å². The summed E-state index contributed by atoms with van der Waals surface area (Å²) in [5.74, 6) is -1.23. The summed E-state index contributed by atoms with van der Waals surface area (Å²) in [4.78, 5) is 10.7. The first kappa shape index (κ1) is 16.1. The predicted molar refractivity (Wildman–Crippen MR) is 72.2 cm³/mol. The fraction of sp³-hybridized carbons (Fsp3) is 0.545. The van der Waals surface area contributed by atoms with Crippen molar-refractivity contribution in [1.82, 2.24) is 4.72 Å². The van der Waals surface area contributed by atoms with Crippen LogP contribution in [0.3, 0.4) is 0 Å². The number of rotatable bonds is 7. The van der Waals surface area contributed by atoms with Crippen molar-refractivity contribution in [3.05, 3.63) is 15.8 Å². The number of carboxylic acids is 1. The standard InChI is InChI=1S/C11H17NO5S2/c1-7(5-17-3)4-12-19(15,16)10-8(2)6-18-9(10)11(13)14/h6-7,12H,4-5H2,1-3H3,(H,13,14). The van der Waals surface area contributed by atoms with Crippen molar-refractivity contribution in [2.24, 2.45) is 5.92 Å². The Morgan fingerprint density at radius 1 is 1.58 bits per heavy atom. The molecule has 1 atom stereocenters. The third kappa shape index (κ3) is 4.00. The zero-order chi connectivity index (χ0) is 14.6. The van der Waals surface area contributed by atoms with E-state index >= 15 is 0 Å². The number of carbonyl (C=O) groups is 1. The monoisotopic (exact) mass is 307 g/mol. The molecule has 0 aliphatic heterocycles. The smallest absolute Gasteiger partial charge is 0.347 e. The second-order valence-corrected chi connectivity index (χ2v) is 6.88. The molecule has 0 amide bonds. The maximum absolute atomic E-state index is 12.1. The number of hydrogen-bond donors (Lipinski definition) is 2. The van der Waals surface area contributed by atoms with Crippen molar-refractivity contribution in [2.45, 2.75) is 18.7 Å². The van der Waals surface area contributed by atoms with Gasteiger partial charge in [-0.2, -0.15) is 0 Å². The Hall–Kier alpha value is -0.960. The van der Waals surface area contributed by atoms with Crippen LogP contribution in [0.25, 0.3) is 0 Å². The van der Waals surface area contributed by atoms with Gasteiger partial charge in [-0.3, -0.25) is 0 Å². The van der Waals surface area contributed by atoms with Crippen molar-refractivity contribution < 1.29 is 23.1 Å². The van der Waals surface area contributed by atoms with Crippen LogP contribution in [-0.4, -0.2) is 39.8 Å². The first-order chi connectivity index (χ1) is 8.79. The molecule has 108 valence electrons. The van der Waals surface area contributed by atoms with E-state index in [0.29, 0.717) is 12.2 Å². The van der Waals surface area contributed by atoms with E-state index in [4.69, 9.17) is 9.84 Å². The molecule has 0 aliphatic carbocycles. The van der Waals surface area contributed by atoms with E-state index in [-0.39, 0.29) is 22.2 Å². The first-order valence-corrected chi connectivity index (χ1v) is 7.95. The zero-order valence-corrected chi connectivity index (χ0v) is 12.6. The summed E-state index contributed by atoms with van der Waals surface area (Å²) in [6, 6.07) is 0. The number of sulfonamides is 1. The molecule has 0 fully saturated rings. The first-order valence-electron chi connectivity index (χ1n) is 5.59. The number of methoxy groups -OCH3 is 1. The Morgan fingerprint density at radius 2 is 2.21 bits per heavy atom. The van der Waals surface area contributed by atoms with E-state index in [1.54, 1.807) is 6.92 Å². The van der Waals surface area contributed by atoms with E-state index in [2.05, 4.69) is 4.72 Å². The molecule has 6 nitrogen and oxygen atoms in total. The zero-order valence-electron chi connectivity index (χ0n) is 11.0. The van der Waals surface area contributed by atoms with E-state index in [0.717, 1.165) is 11.3 Å². The molecule has 1 heterocycles. The number of hydrogen-bond acceptors (Lipinski definition) is 5. The number of thiophene rings is 1. The van der Waals surface area contributed by atoms with Crippen LogP contribution in [0.2, 0.25) is 0 Å². The highest BCUT2D eigenvalue weighted by Crippen LogP contribution is 2.26. The Bertz CT molecular complexity index is 549. The van der Waals surface area contributed by atoms with Gasteiger partial charge >= 0.3 is 5.97 Å². The van der Waals surface area contributed by atoms with Crippen LogP contribution in [0.5, 0.6) is 0 Å². The molecule has 19 heavy (non-hydrogen) atoms. The number of carboxylic acid groups (broad SMARTS) is 1. The van der Waals surface area contributed by atoms with Gasteiger partial charge in [0.05, 0.1) is 0 Å². The molecular formula is C11H17NO5S2. The maximum atomic E-state index is 12.1. The van der Waals surface area contributed by atoms with Gasteiger partial charge in [-0.25, -0.2) is 17.9 Å². The molecule has 0 saturated carbocycles. The minimum absolute atomic E-state index is 0.00648. The van der Waals surface area contributed by atoms with Crippen molar-refractivity contribution in [1.29, 1.82) is 0 Å². The van der Waals surface area contributed by atoms with Gasteiger partial charge < -0.3 is 9.84 Å². The van der Waals surface area contributed by atoms with Gasteiger partial charge in [0.1, 0.15) is 9.77 Å². The Kier molecular flexibility index (Phi) is 5.48. The van der Waals surface area contributed by atoms with Crippen LogP contribution in [0.15, 0.2) is 10.3 Å². The van der Waals surface area contributed by atoms with Gasteiger partial charge in [-0.1, -0.05) is 6.92 Å². The summed E-state index contributed by atoms with van der Waals surface area (Å²) in [6.07, 6.45) is 0. The topological polar surface area (TPSA) is 92.7 Å². The fourth-order valence-corrected chi connectivity index (χ4v) is 4.37. The molecule has 0 spiro atoms. The van der Waals surface area contributed by atoms with Gasteiger partial charge in [-0.05, 0) is 23.8 Å². The highest BCUT2D eigenvalue weighted by molar-refractivity contribution is 7.89. The number of aromatic carboxylic acids is 1. The molecule has 1 aromatic rings. The van der Waals surface area contributed by atoms with Crippen LogP contribution in [0, 0.1) is 12.8 Å². The van der Waals surface area contributed by atoms with Crippen LogP contribution in [-0.2, 0) is 14.8 Å². The molecule has 2 N–H and O–H groups in total. The Balaban J connectivity index is 2.95. The lowest BCUT2D eigenvalue weighted by atomic mass is 10.2. The Morgan fingerprint density at radius 3 is 2.74 bits per heavy atom. The number of ether oxygens (including phenoxy) is 1. The minimum atomic E-state index is -3.81.